The fourth-order valence-corrected chi connectivity index (χ4v) is 4.51. The first-order valence-electron chi connectivity index (χ1n) is 13.4. The first-order valence-corrected chi connectivity index (χ1v) is 13.4. The van der Waals surface area contributed by atoms with Crippen LogP contribution in [0, 0.1) is 5.95 Å². The predicted octanol–water partition coefficient (Wildman–Crippen LogP) is 7.87. The maximum absolute atomic E-state index is 15.2. The third-order valence-corrected chi connectivity index (χ3v) is 6.68. The molecule has 2 aromatic rings. The minimum Gasteiger partial charge on any atom is -0.489 e. The average molecular weight is 547 g/mol. The maximum atomic E-state index is 15.2. The van der Waals surface area contributed by atoms with Crippen molar-refractivity contribution >= 4 is 0 Å². The second-order valence-electron chi connectivity index (χ2n) is 9.77. The second kappa shape index (κ2) is 14.1. The molecule has 3 rings (SSSR count). The van der Waals surface area contributed by atoms with Crippen molar-refractivity contribution in [3.05, 3.63) is 41.5 Å². The monoisotopic (exact) mass is 546 g/mol. The highest BCUT2D eigenvalue weighted by atomic mass is 19.3. The molecular formula is C28H36F6N2O2. The molecule has 2 heterocycles. The molecule has 0 aliphatic heterocycles. The zero-order valence-electron chi connectivity index (χ0n) is 21.9. The molecule has 0 N–H and O–H groups in total. The molecule has 0 fully saturated rings. The van der Waals surface area contributed by atoms with E-state index in [0.717, 1.165) is 19.3 Å². The van der Waals surface area contributed by atoms with E-state index in [1.54, 1.807) is 6.92 Å². The van der Waals surface area contributed by atoms with Gasteiger partial charge in [0, 0.05) is 0 Å². The Bertz CT molecular complexity index is 1010. The number of alkyl halides is 5. The third kappa shape index (κ3) is 7.83. The Morgan fingerprint density at radius 3 is 2.45 bits per heavy atom. The van der Waals surface area contributed by atoms with Crippen LogP contribution >= 0.6 is 0 Å². The molecule has 4 unspecified atom stereocenters. The van der Waals surface area contributed by atoms with Gasteiger partial charge in [0.1, 0.15) is 30.8 Å². The molecule has 0 saturated carbocycles. The fourth-order valence-electron chi connectivity index (χ4n) is 4.51. The van der Waals surface area contributed by atoms with Gasteiger partial charge in [-0.15, -0.1) is 0 Å². The summed E-state index contributed by atoms with van der Waals surface area (Å²) in [4.78, 5) is 7.81. The van der Waals surface area contributed by atoms with Crippen LogP contribution in [0.15, 0.2) is 24.4 Å². The summed E-state index contributed by atoms with van der Waals surface area (Å²) in [6, 6.07) is 4.23. The van der Waals surface area contributed by atoms with Crippen molar-refractivity contribution in [2.45, 2.75) is 102 Å². The third-order valence-electron chi connectivity index (χ3n) is 6.68. The van der Waals surface area contributed by atoms with Gasteiger partial charge in [-0.2, -0.15) is 13.2 Å². The van der Waals surface area contributed by atoms with E-state index in [9.17, 15) is 17.6 Å². The van der Waals surface area contributed by atoms with Gasteiger partial charge < -0.3 is 9.47 Å². The molecule has 4 nitrogen and oxygen atoms in total. The van der Waals surface area contributed by atoms with Crippen LogP contribution in [0.1, 0.15) is 76.3 Å². The van der Waals surface area contributed by atoms with E-state index in [4.69, 9.17) is 9.47 Å². The lowest BCUT2D eigenvalue weighted by Gasteiger charge is -2.33. The van der Waals surface area contributed by atoms with Gasteiger partial charge >= 0.3 is 5.92 Å². The molecule has 0 radical (unpaired) electrons. The van der Waals surface area contributed by atoms with Crippen molar-refractivity contribution in [1.29, 1.82) is 0 Å². The van der Waals surface area contributed by atoms with Crippen LogP contribution in [0.2, 0.25) is 0 Å². The first-order chi connectivity index (χ1) is 18.2. The average Bonchev–Trinajstić information content (AvgIpc) is 2.89. The Morgan fingerprint density at radius 1 is 0.974 bits per heavy atom. The fraction of sp³-hybridized carbons (Fsp3) is 0.643. The molecular weight excluding hydrogens is 510 g/mol. The van der Waals surface area contributed by atoms with Crippen LogP contribution in [0.25, 0.3) is 11.4 Å². The summed E-state index contributed by atoms with van der Waals surface area (Å²) in [5.74, 6) is -4.81. The quantitative estimate of drug-likeness (QED) is 0.130. The Hall–Kier alpha value is -2.36. The Balaban J connectivity index is 1.64. The van der Waals surface area contributed by atoms with Crippen LogP contribution in [-0.4, -0.2) is 47.8 Å². The minimum atomic E-state index is -3.66. The number of aryl methyl sites for hydroxylation is 1. The highest BCUT2D eigenvalue weighted by Crippen LogP contribution is 2.43. The molecule has 4 atom stereocenters. The van der Waals surface area contributed by atoms with E-state index in [-0.39, 0.29) is 48.4 Å². The lowest BCUT2D eigenvalue weighted by atomic mass is 9.86. The SMILES string of the molecule is CCCCCCC(F)COC1CCc2cc(-c3ccc(OCC(F)C(F)CCC)cn3)nc(F)c2C1(F)F. The molecule has 38 heavy (non-hydrogen) atoms. The number of ether oxygens (including phenoxy) is 2. The van der Waals surface area contributed by atoms with E-state index in [0.29, 0.717) is 12.8 Å². The van der Waals surface area contributed by atoms with Gasteiger partial charge in [0.2, 0.25) is 5.95 Å². The predicted molar refractivity (Wildman–Crippen MR) is 133 cm³/mol. The molecule has 0 amide bonds. The molecule has 0 bridgehead atoms. The first kappa shape index (κ1) is 30.2. The number of halogens is 6. The molecule has 0 saturated heterocycles. The maximum Gasteiger partial charge on any atom is 0.303 e. The standard InChI is InChI=1S/C28H36F6N2O2/c1-3-5-6-7-9-19(29)16-38-25-13-10-18-14-24(36-27(32)26(18)28(25,33)34)23-12-11-20(15-35-23)37-17-22(31)21(30)8-4-2/h11-12,14-15,19,21-22,25H,3-10,13,16-17H2,1-2H3. The summed E-state index contributed by atoms with van der Waals surface area (Å²) in [5, 5.41) is 0. The van der Waals surface area contributed by atoms with Gasteiger partial charge in [-0.3, -0.25) is 4.98 Å². The van der Waals surface area contributed by atoms with Crippen LogP contribution in [0.4, 0.5) is 26.3 Å². The zero-order chi connectivity index (χ0) is 27.7. The molecule has 2 aromatic heterocycles. The summed E-state index contributed by atoms with van der Waals surface area (Å²) in [7, 11) is 0. The summed E-state index contributed by atoms with van der Waals surface area (Å²) in [6.45, 7) is 2.86. The van der Waals surface area contributed by atoms with E-state index in [1.165, 1.54) is 24.4 Å². The Labute approximate surface area is 220 Å². The number of aromatic nitrogens is 2. The summed E-state index contributed by atoms with van der Waals surface area (Å²) < 4.78 is 97.2. The number of unbranched alkanes of at least 4 members (excludes halogenated alkanes) is 3. The van der Waals surface area contributed by atoms with Crippen molar-refractivity contribution in [2.24, 2.45) is 0 Å². The highest BCUT2D eigenvalue weighted by molar-refractivity contribution is 5.57. The van der Waals surface area contributed by atoms with Crippen molar-refractivity contribution in [1.82, 2.24) is 9.97 Å². The minimum absolute atomic E-state index is 0.0500. The van der Waals surface area contributed by atoms with Crippen molar-refractivity contribution in [3.8, 4) is 17.1 Å². The lowest BCUT2D eigenvalue weighted by molar-refractivity contribution is -0.160. The van der Waals surface area contributed by atoms with Crippen molar-refractivity contribution in [3.63, 3.8) is 0 Å². The summed E-state index contributed by atoms with van der Waals surface area (Å²) in [5.41, 5.74) is -0.497. The second-order valence-corrected chi connectivity index (χ2v) is 9.77. The van der Waals surface area contributed by atoms with Crippen molar-refractivity contribution < 1.29 is 35.8 Å². The molecule has 0 aromatic carbocycles. The van der Waals surface area contributed by atoms with Gasteiger partial charge in [-0.05, 0) is 49.4 Å². The highest BCUT2D eigenvalue weighted by Gasteiger charge is 2.49. The van der Waals surface area contributed by atoms with Crippen LogP contribution in [0.3, 0.4) is 0 Å². The summed E-state index contributed by atoms with van der Waals surface area (Å²) >= 11 is 0. The van der Waals surface area contributed by atoms with Crippen LogP contribution in [0.5, 0.6) is 5.75 Å². The number of hydrogen-bond acceptors (Lipinski definition) is 4. The molecule has 1 aliphatic rings. The van der Waals surface area contributed by atoms with Crippen LogP contribution < -0.4 is 4.74 Å². The number of nitrogens with zero attached hydrogens (tertiary/aromatic N) is 2. The number of pyridine rings is 2. The van der Waals surface area contributed by atoms with Crippen molar-refractivity contribution in [2.75, 3.05) is 13.2 Å². The van der Waals surface area contributed by atoms with Gasteiger partial charge in [0.05, 0.1) is 29.8 Å². The van der Waals surface area contributed by atoms with E-state index in [2.05, 4.69) is 9.97 Å². The molecule has 0 spiro atoms. The normalized spacial score (nSPS) is 19.0. The molecule has 212 valence electrons. The van der Waals surface area contributed by atoms with E-state index >= 15 is 8.78 Å². The summed E-state index contributed by atoms with van der Waals surface area (Å²) in [6.07, 6.45) is -0.711. The number of fused-ring (bicyclic) bond motifs is 1. The van der Waals surface area contributed by atoms with Crippen LogP contribution in [-0.2, 0) is 17.1 Å². The topological polar surface area (TPSA) is 44.2 Å². The smallest absolute Gasteiger partial charge is 0.303 e. The Morgan fingerprint density at radius 2 is 1.76 bits per heavy atom. The van der Waals surface area contributed by atoms with Gasteiger partial charge in [-0.25, -0.2) is 18.2 Å². The number of rotatable bonds is 15. The van der Waals surface area contributed by atoms with E-state index < -0.39 is 55.3 Å². The number of hydrogen-bond donors (Lipinski definition) is 0. The van der Waals surface area contributed by atoms with Gasteiger partial charge in [-0.1, -0.05) is 46.0 Å². The van der Waals surface area contributed by atoms with Gasteiger partial charge in [0.25, 0.3) is 0 Å². The molecule has 1 aliphatic carbocycles. The zero-order valence-corrected chi connectivity index (χ0v) is 21.9. The largest absolute Gasteiger partial charge is 0.489 e. The van der Waals surface area contributed by atoms with E-state index in [1.807, 2.05) is 6.92 Å². The van der Waals surface area contributed by atoms with Gasteiger partial charge in [0.15, 0.2) is 6.17 Å². The Kier molecular flexibility index (Phi) is 11.2. The molecule has 10 heteroatoms. The lowest BCUT2D eigenvalue weighted by Crippen LogP contribution is -2.40.